The third-order valence-corrected chi connectivity index (χ3v) is 4.19. The van der Waals surface area contributed by atoms with Crippen LogP contribution in [-0.2, 0) is 4.79 Å². The maximum Gasteiger partial charge on any atom is 0.349 e. The molecular formula is C17H24N2O4. The van der Waals surface area contributed by atoms with Gasteiger partial charge in [0, 0.05) is 32.0 Å². The summed E-state index contributed by atoms with van der Waals surface area (Å²) in [5.74, 6) is 0.337. The lowest BCUT2D eigenvalue weighted by Gasteiger charge is -2.20. The summed E-state index contributed by atoms with van der Waals surface area (Å²) >= 11 is 0. The van der Waals surface area contributed by atoms with E-state index < -0.39 is 5.63 Å². The van der Waals surface area contributed by atoms with Crippen LogP contribution in [0.5, 0.6) is 0 Å². The first-order valence-corrected chi connectivity index (χ1v) is 8.14. The predicted octanol–water partition coefficient (Wildman–Crippen LogP) is 1.81. The molecular weight excluding hydrogens is 296 g/mol. The highest BCUT2D eigenvalue weighted by molar-refractivity contribution is 5.95. The van der Waals surface area contributed by atoms with Gasteiger partial charge < -0.3 is 14.6 Å². The third-order valence-electron chi connectivity index (χ3n) is 4.19. The van der Waals surface area contributed by atoms with Crippen molar-refractivity contribution in [2.45, 2.75) is 46.0 Å². The van der Waals surface area contributed by atoms with E-state index in [0.29, 0.717) is 31.0 Å². The van der Waals surface area contributed by atoms with Gasteiger partial charge in [0.25, 0.3) is 5.91 Å². The highest BCUT2D eigenvalue weighted by Crippen LogP contribution is 2.21. The SMILES string of the molecule is CCCC(C)c1cc(C)c(C(=O)N2CCNC(=O)CC2)c(=O)o1. The minimum atomic E-state index is -0.587. The van der Waals surface area contributed by atoms with Crippen LogP contribution in [0.4, 0.5) is 0 Å². The van der Waals surface area contributed by atoms with Crippen LogP contribution in [0.15, 0.2) is 15.3 Å². The fraction of sp³-hybridized carbons (Fsp3) is 0.588. The summed E-state index contributed by atoms with van der Waals surface area (Å²) in [4.78, 5) is 37.8. The molecule has 2 rings (SSSR count). The fourth-order valence-corrected chi connectivity index (χ4v) is 2.84. The van der Waals surface area contributed by atoms with Crippen molar-refractivity contribution in [3.05, 3.63) is 33.4 Å². The van der Waals surface area contributed by atoms with E-state index in [4.69, 9.17) is 4.42 Å². The van der Waals surface area contributed by atoms with Gasteiger partial charge in [-0.1, -0.05) is 20.3 Å². The standard InChI is InChI=1S/C17H24N2O4/c1-4-5-11(2)13-10-12(3)15(17(22)23-13)16(21)19-8-6-14(20)18-7-9-19/h10-11H,4-9H2,1-3H3,(H,18,20). The fourth-order valence-electron chi connectivity index (χ4n) is 2.84. The van der Waals surface area contributed by atoms with Crippen molar-refractivity contribution in [1.82, 2.24) is 10.2 Å². The van der Waals surface area contributed by atoms with Gasteiger partial charge >= 0.3 is 5.63 Å². The molecule has 1 unspecified atom stereocenters. The van der Waals surface area contributed by atoms with Gasteiger partial charge in [0.1, 0.15) is 11.3 Å². The van der Waals surface area contributed by atoms with Crippen LogP contribution in [0.1, 0.15) is 60.7 Å². The highest BCUT2D eigenvalue weighted by Gasteiger charge is 2.25. The molecule has 126 valence electrons. The second-order valence-electron chi connectivity index (χ2n) is 6.08. The van der Waals surface area contributed by atoms with Gasteiger partial charge in [-0.15, -0.1) is 0 Å². The number of amides is 2. The first kappa shape index (κ1) is 17.2. The number of hydrogen-bond donors (Lipinski definition) is 1. The zero-order valence-electron chi connectivity index (χ0n) is 14.0. The van der Waals surface area contributed by atoms with Crippen LogP contribution in [-0.4, -0.2) is 36.3 Å². The average Bonchev–Trinajstić information content (AvgIpc) is 2.71. The molecule has 1 aromatic rings. The van der Waals surface area contributed by atoms with Gasteiger partial charge in [-0.3, -0.25) is 9.59 Å². The van der Waals surface area contributed by atoms with E-state index in [2.05, 4.69) is 12.2 Å². The minimum Gasteiger partial charge on any atom is -0.427 e. The molecule has 6 nitrogen and oxygen atoms in total. The van der Waals surface area contributed by atoms with Crippen LogP contribution >= 0.6 is 0 Å². The molecule has 1 aliphatic heterocycles. The lowest BCUT2D eigenvalue weighted by Crippen LogP contribution is -2.37. The number of carbonyl (C=O) groups excluding carboxylic acids is 2. The van der Waals surface area contributed by atoms with Crippen LogP contribution in [0.3, 0.4) is 0 Å². The van der Waals surface area contributed by atoms with Crippen molar-refractivity contribution in [2.24, 2.45) is 0 Å². The molecule has 1 N–H and O–H groups in total. The molecule has 0 aromatic carbocycles. The van der Waals surface area contributed by atoms with Crippen LogP contribution in [0, 0.1) is 6.92 Å². The second kappa shape index (κ2) is 7.44. The van der Waals surface area contributed by atoms with Crippen LogP contribution < -0.4 is 10.9 Å². The summed E-state index contributed by atoms with van der Waals surface area (Å²) < 4.78 is 5.38. The number of carbonyl (C=O) groups is 2. The van der Waals surface area contributed by atoms with E-state index in [1.807, 2.05) is 6.92 Å². The monoisotopic (exact) mass is 320 g/mol. The predicted molar refractivity (Wildman–Crippen MR) is 86.6 cm³/mol. The Morgan fingerprint density at radius 1 is 1.39 bits per heavy atom. The smallest absolute Gasteiger partial charge is 0.349 e. The van der Waals surface area contributed by atoms with Gasteiger partial charge in [0.2, 0.25) is 5.91 Å². The Labute approximate surface area is 135 Å². The largest absolute Gasteiger partial charge is 0.427 e. The molecule has 1 aromatic heterocycles. The Morgan fingerprint density at radius 2 is 2.13 bits per heavy atom. The number of aryl methyl sites for hydroxylation is 1. The van der Waals surface area contributed by atoms with E-state index >= 15 is 0 Å². The zero-order chi connectivity index (χ0) is 17.0. The van der Waals surface area contributed by atoms with Gasteiger partial charge in [-0.25, -0.2) is 4.79 Å². The molecule has 1 fully saturated rings. The third kappa shape index (κ3) is 4.00. The Bertz CT molecular complexity index is 650. The van der Waals surface area contributed by atoms with Crippen LogP contribution in [0.2, 0.25) is 0 Å². The van der Waals surface area contributed by atoms with Crippen molar-refractivity contribution < 1.29 is 14.0 Å². The highest BCUT2D eigenvalue weighted by atomic mass is 16.4. The average molecular weight is 320 g/mol. The summed E-state index contributed by atoms with van der Waals surface area (Å²) in [7, 11) is 0. The summed E-state index contributed by atoms with van der Waals surface area (Å²) in [6.07, 6.45) is 2.18. The maximum absolute atomic E-state index is 12.6. The maximum atomic E-state index is 12.6. The second-order valence-corrected chi connectivity index (χ2v) is 6.08. The Hall–Kier alpha value is -2.11. The van der Waals surface area contributed by atoms with Gasteiger partial charge in [0.05, 0.1) is 0 Å². The topological polar surface area (TPSA) is 79.6 Å². The summed E-state index contributed by atoms with van der Waals surface area (Å²) in [5, 5.41) is 2.71. The van der Waals surface area contributed by atoms with Crippen LogP contribution in [0.25, 0.3) is 0 Å². The minimum absolute atomic E-state index is 0.0757. The van der Waals surface area contributed by atoms with E-state index in [1.54, 1.807) is 13.0 Å². The molecule has 2 heterocycles. The normalized spacial score (nSPS) is 16.7. The first-order chi connectivity index (χ1) is 10.9. The molecule has 1 atom stereocenters. The molecule has 2 amide bonds. The molecule has 6 heteroatoms. The van der Waals surface area contributed by atoms with Crippen molar-refractivity contribution in [3.8, 4) is 0 Å². The van der Waals surface area contributed by atoms with Crippen molar-refractivity contribution in [3.63, 3.8) is 0 Å². The van der Waals surface area contributed by atoms with E-state index in [9.17, 15) is 14.4 Å². The van der Waals surface area contributed by atoms with Gasteiger partial charge in [-0.2, -0.15) is 0 Å². The lowest BCUT2D eigenvalue weighted by molar-refractivity contribution is -0.120. The van der Waals surface area contributed by atoms with Crippen molar-refractivity contribution >= 4 is 11.8 Å². The van der Waals surface area contributed by atoms with Gasteiger partial charge in [-0.05, 0) is 25.0 Å². The lowest BCUT2D eigenvalue weighted by atomic mass is 10.0. The van der Waals surface area contributed by atoms with E-state index in [0.717, 1.165) is 12.8 Å². The Balaban J connectivity index is 2.27. The number of nitrogens with one attached hydrogen (secondary N) is 1. The summed E-state index contributed by atoms with van der Waals surface area (Å²) in [5.41, 5.74) is 0.121. The summed E-state index contributed by atoms with van der Waals surface area (Å²) in [6.45, 7) is 6.96. The number of hydrogen-bond acceptors (Lipinski definition) is 4. The van der Waals surface area contributed by atoms with Crippen molar-refractivity contribution in [2.75, 3.05) is 19.6 Å². The first-order valence-electron chi connectivity index (χ1n) is 8.14. The zero-order valence-corrected chi connectivity index (χ0v) is 14.0. The molecule has 0 aliphatic carbocycles. The quantitative estimate of drug-likeness (QED) is 0.917. The summed E-state index contributed by atoms with van der Waals surface area (Å²) in [6, 6.07) is 1.79. The van der Waals surface area contributed by atoms with Gasteiger partial charge in [0.15, 0.2) is 0 Å². The van der Waals surface area contributed by atoms with Crippen molar-refractivity contribution in [1.29, 1.82) is 0 Å². The van der Waals surface area contributed by atoms with E-state index in [1.165, 1.54) is 4.90 Å². The molecule has 1 aliphatic rings. The Kier molecular flexibility index (Phi) is 5.58. The number of rotatable bonds is 4. The Morgan fingerprint density at radius 3 is 2.78 bits per heavy atom. The molecule has 23 heavy (non-hydrogen) atoms. The number of nitrogens with zero attached hydrogens (tertiary/aromatic N) is 1. The molecule has 0 radical (unpaired) electrons. The molecule has 0 bridgehead atoms. The molecule has 0 saturated carbocycles. The van der Waals surface area contributed by atoms with E-state index in [-0.39, 0.29) is 29.7 Å². The molecule has 1 saturated heterocycles. The molecule has 0 spiro atoms.